The molecule has 106 valence electrons. The van der Waals surface area contributed by atoms with Crippen molar-refractivity contribution in [1.29, 1.82) is 0 Å². The molecule has 0 N–H and O–H groups in total. The molecule has 1 fully saturated rings. The van der Waals surface area contributed by atoms with Gasteiger partial charge in [0.15, 0.2) is 0 Å². The molecule has 0 aromatic heterocycles. The maximum atomic E-state index is 6.37. The molecule has 0 saturated carbocycles. The van der Waals surface area contributed by atoms with Crippen LogP contribution < -0.4 is 0 Å². The molecule has 3 nitrogen and oxygen atoms in total. The van der Waals surface area contributed by atoms with E-state index in [1.54, 1.807) is 0 Å². The van der Waals surface area contributed by atoms with Gasteiger partial charge in [0.25, 0.3) is 0 Å². The van der Waals surface area contributed by atoms with Gasteiger partial charge in [-0.1, -0.05) is 65.8 Å². The number of hydrogen-bond acceptors (Lipinski definition) is 3. The lowest BCUT2D eigenvalue weighted by molar-refractivity contribution is -0.418. The third kappa shape index (κ3) is 1.34. The Morgan fingerprint density at radius 1 is 0.810 bits per heavy atom. The minimum atomic E-state index is -0.710. The van der Waals surface area contributed by atoms with Gasteiger partial charge in [-0.3, -0.25) is 0 Å². The minimum Gasteiger partial charge on any atom is -0.360 e. The summed E-state index contributed by atoms with van der Waals surface area (Å²) >= 11 is 0. The van der Waals surface area contributed by atoms with Crippen molar-refractivity contribution in [2.24, 2.45) is 10.6 Å². The highest BCUT2D eigenvalue weighted by Crippen LogP contribution is 2.66. The zero-order chi connectivity index (χ0) is 14.6. The molecule has 4 rings (SSSR count). The molecular weight excluding hydrogens is 262 g/mol. The van der Waals surface area contributed by atoms with Crippen LogP contribution in [0.2, 0.25) is 0 Å². The number of rotatable bonds is 2. The highest BCUT2D eigenvalue weighted by molar-refractivity contribution is 5.75. The summed E-state index contributed by atoms with van der Waals surface area (Å²) in [5.74, 6) is -0.710. The smallest absolute Gasteiger partial charge is 0.249 e. The van der Waals surface area contributed by atoms with E-state index in [9.17, 15) is 0 Å². The van der Waals surface area contributed by atoms with E-state index in [-0.39, 0.29) is 5.41 Å². The first-order chi connectivity index (χ1) is 10.1. The Labute approximate surface area is 124 Å². The molecule has 0 amide bonds. The van der Waals surface area contributed by atoms with Crippen molar-refractivity contribution >= 4 is 6.21 Å². The first-order valence-electron chi connectivity index (χ1n) is 7.16. The number of hydrogen-bond donors (Lipinski definition) is 0. The molecule has 2 aromatic rings. The van der Waals surface area contributed by atoms with Crippen molar-refractivity contribution < 1.29 is 9.57 Å². The van der Waals surface area contributed by atoms with E-state index < -0.39 is 11.4 Å². The Balaban J connectivity index is 1.97. The fourth-order valence-electron chi connectivity index (χ4n) is 3.56. The molecule has 0 unspecified atom stereocenters. The highest BCUT2D eigenvalue weighted by atomic mass is 16.8. The molecule has 3 heteroatoms. The van der Waals surface area contributed by atoms with Crippen molar-refractivity contribution in [3.8, 4) is 0 Å². The Bertz CT molecular complexity index is 658. The average molecular weight is 279 g/mol. The summed E-state index contributed by atoms with van der Waals surface area (Å²) in [5.41, 5.74) is 1.33. The first-order valence-corrected chi connectivity index (χ1v) is 7.16. The van der Waals surface area contributed by atoms with E-state index in [0.29, 0.717) is 0 Å². The molecule has 0 spiro atoms. The molecule has 2 atom stereocenters. The minimum absolute atomic E-state index is 0.345. The summed E-state index contributed by atoms with van der Waals surface area (Å²) in [6, 6.07) is 20.6. The fourth-order valence-corrected chi connectivity index (χ4v) is 3.56. The van der Waals surface area contributed by atoms with Gasteiger partial charge in [0.1, 0.15) is 11.0 Å². The van der Waals surface area contributed by atoms with Gasteiger partial charge in [-0.15, -0.1) is 0 Å². The molecule has 21 heavy (non-hydrogen) atoms. The van der Waals surface area contributed by atoms with E-state index in [1.807, 2.05) is 49.5 Å². The highest BCUT2D eigenvalue weighted by Gasteiger charge is 2.76. The Morgan fingerprint density at radius 2 is 1.33 bits per heavy atom. The lowest BCUT2D eigenvalue weighted by Gasteiger charge is -2.62. The van der Waals surface area contributed by atoms with Gasteiger partial charge in [0.2, 0.25) is 5.79 Å². The van der Waals surface area contributed by atoms with Crippen LogP contribution in [0.3, 0.4) is 0 Å². The lowest BCUT2D eigenvalue weighted by Crippen LogP contribution is -2.72. The van der Waals surface area contributed by atoms with Gasteiger partial charge >= 0.3 is 0 Å². The molecule has 0 bridgehead atoms. The standard InChI is InChI=1S/C18H17NO2/c1-16-13-19-21-17(16,2)20-18(16,14-9-5-3-6-10-14)15-11-7-4-8-12-15/h3-13H,1-2H3/t16-,17+/m1/s1. The number of nitrogens with zero attached hydrogens (tertiary/aromatic N) is 1. The second kappa shape index (κ2) is 3.95. The van der Waals surface area contributed by atoms with Crippen LogP contribution in [0.15, 0.2) is 65.8 Å². The van der Waals surface area contributed by atoms with Crippen LogP contribution in [0.4, 0.5) is 0 Å². The molecule has 0 radical (unpaired) electrons. The monoisotopic (exact) mass is 279 g/mol. The second-order valence-corrected chi connectivity index (χ2v) is 5.99. The van der Waals surface area contributed by atoms with E-state index in [2.05, 4.69) is 36.3 Å². The van der Waals surface area contributed by atoms with Gasteiger partial charge in [-0.05, 0) is 18.1 Å². The fraction of sp³-hybridized carbons (Fsp3) is 0.278. The number of oxime groups is 1. The van der Waals surface area contributed by atoms with Gasteiger partial charge < -0.3 is 9.57 Å². The maximum Gasteiger partial charge on any atom is 0.249 e. The zero-order valence-corrected chi connectivity index (χ0v) is 12.1. The predicted octanol–water partition coefficient (Wildman–Crippen LogP) is 3.70. The molecular formula is C18H17NO2. The summed E-state index contributed by atoms with van der Waals surface area (Å²) in [6.07, 6.45) is 1.89. The molecule has 2 aliphatic rings. The SMILES string of the molecule is C[C@]12ON=C[C@@]1(C)C(c1ccccc1)(c1ccccc1)O2. The van der Waals surface area contributed by atoms with Crippen LogP contribution in [0.1, 0.15) is 25.0 Å². The topological polar surface area (TPSA) is 30.8 Å². The van der Waals surface area contributed by atoms with E-state index >= 15 is 0 Å². The molecule has 2 heterocycles. The summed E-state index contributed by atoms with van der Waals surface area (Å²) in [6.45, 7) is 4.09. The normalized spacial score (nSPS) is 32.1. The van der Waals surface area contributed by atoms with Crippen LogP contribution in [0, 0.1) is 5.41 Å². The number of benzene rings is 2. The quantitative estimate of drug-likeness (QED) is 0.839. The van der Waals surface area contributed by atoms with Gasteiger partial charge in [-0.2, -0.15) is 0 Å². The molecule has 2 aliphatic heterocycles. The lowest BCUT2D eigenvalue weighted by atomic mass is 9.57. The van der Waals surface area contributed by atoms with Gasteiger partial charge in [0, 0.05) is 6.92 Å². The van der Waals surface area contributed by atoms with Crippen molar-refractivity contribution in [1.82, 2.24) is 0 Å². The van der Waals surface area contributed by atoms with Crippen LogP contribution in [0.25, 0.3) is 0 Å². The third-order valence-corrected chi connectivity index (χ3v) is 4.92. The van der Waals surface area contributed by atoms with E-state index in [0.717, 1.165) is 11.1 Å². The van der Waals surface area contributed by atoms with Crippen LogP contribution in [-0.2, 0) is 15.2 Å². The van der Waals surface area contributed by atoms with Crippen molar-refractivity contribution in [2.75, 3.05) is 0 Å². The van der Waals surface area contributed by atoms with Crippen molar-refractivity contribution in [3.63, 3.8) is 0 Å². The third-order valence-electron chi connectivity index (χ3n) is 4.92. The van der Waals surface area contributed by atoms with Gasteiger partial charge in [-0.25, -0.2) is 0 Å². The number of ether oxygens (including phenoxy) is 1. The average Bonchev–Trinajstić information content (AvgIpc) is 2.76. The maximum absolute atomic E-state index is 6.37. The Hall–Kier alpha value is -2.13. The Morgan fingerprint density at radius 3 is 1.81 bits per heavy atom. The summed E-state index contributed by atoms with van der Waals surface area (Å²) in [7, 11) is 0. The Kier molecular flexibility index (Phi) is 2.37. The van der Waals surface area contributed by atoms with E-state index in [4.69, 9.17) is 9.57 Å². The second-order valence-electron chi connectivity index (χ2n) is 5.99. The van der Waals surface area contributed by atoms with Gasteiger partial charge in [0.05, 0.1) is 6.21 Å². The molecule has 1 saturated heterocycles. The van der Waals surface area contributed by atoms with Crippen LogP contribution in [0.5, 0.6) is 0 Å². The summed E-state index contributed by atoms with van der Waals surface area (Å²) in [5, 5.41) is 4.05. The summed E-state index contributed by atoms with van der Waals surface area (Å²) in [4.78, 5) is 5.49. The van der Waals surface area contributed by atoms with Crippen molar-refractivity contribution in [2.45, 2.75) is 25.2 Å². The van der Waals surface area contributed by atoms with Crippen LogP contribution >= 0.6 is 0 Å². The first kappa shape index (κ1) is 12.6. The predicted molar refractivity (Wildman–Crippen MR) is 80.8 cm³/mol. The summed E-state index contributed by atoms with van der Waals surface area (Å²) < 4.78 is 6.37. The largest absolute Gasteiger partial charge is 0.360 e. The van der Waals surface area contributed by atoms with Crippen LogP contribution in [-0.4, -0.2) is 12.0 Å². The van der Waals surface area contributed by atoms with E-state index in [1.165, 1.54) is 0 Å². The molecule has 2 aromatic carbocycles. The zero-order valence-electron chi connectivity index (χ0n) is 12.1. The number of fused-ring (bicyclic) bond motifs is 1. The molecule has 0 aliphatic carbocycles. The van der Waals surface area contributed by atoms with Crippen molar-refractivity contribution in [3.05, 3.63) is 71.8 Å².